The summed E-state index contributed by atoms with van der Waals surface area (Å²) in [4.78, 5) is 24.6. The predicted molar refractivity (Wildman–Crippen MR) is 101 cm³/mol. The zero-order valence-electron chi connectivity index (χ0n) is 14.9. The summed E-state index contributed by atoms with van der Waals surface area (Å²) < 4.78 is 6.99. The molecular weight excluding hydrogens is 330 g/mol. The van der Waals surface area contributed by atoms with Crippen LogP contribution in [0, 0.1) is 6.92 Å². The molecule has 0 aliphatic carbocycles. The maximum absolute atomic E-state index is 12.8. The number of aryl methyl sites for hydroxylation is 1. The highest BCUT2D eigenvalue weighted by Crippen LogP contribution is 2.28. The highest BCUT2D eigenvalue weighted by Gasteiger charge is 2.16. The molecule has 26 heavy (non-hydrogen) atoms. The summed E-state index contributed by atoms with van der Waals surface area (Å²) in [6, 6.07) is 14.6. The van der Waals surface area contributed by atoms with Crippen molar-refractivity contribution in [2.45, 2.75) is 20.4 Å². The van der Waals surface area contributed by atoms with Crippen molar-refractivity contribution in [3.8, 4) is 5.75 Å². The topological polar surface area (TPSA) is 73.2 Å². The molecule has 0 spiro atoms. The van der Waals surface area contributed by atoms with Crippen molar-refractivity contribution in [3.05, 3.63) is 70.1 Å². The van der Waals surface area contributed by atoms with E-state index in [1.165, 1.54) is 10.7 Å². The van der Waals surface area contributed by atoms with E-state index in [9.17, 15) is 9.59 Å². The average Bonchev–Trinajstić information content (AvgIpc) is 2.64. The average molecular weight is 351 g/mol. The zero-order chi connectivity index (χ0) is 18.5. The van der Waals surface area contributed by atoms with Crippen molar-refractivity contribution < 1.29 is 9.53 Å². The van der Waals surface area contributed by atoms with Crippen LogP contribution in [0.4, 0.5) is 0 Å². The summed E-state index contributed by atoms with van der Waals surface area (Å²) in [5.74, 6) is 0.320. The molecule has 3 aromatic rings. The standard InChI is InChI=1S/C20H21N3O3/c1-3-26-17-10-9-15-6-4-5-7-16(15)19(17)20(25)21-12-13-23-18(24)11-8-14(2)22-23/h4-11H,3,12-13H2,1-2H3,(H,21,25). The maximum atomic E-state index is 12.8. The molecule has 1 heterocycles. The van der Waals surface area contributed by atoms with Crippen molar-refractivity contribution in [1.29, 1.82) is 0 Å². The lowest BCUT2D eigenvalue weighted by Gasteiger charge is -2.14. The number of aromatic nitrogens is 2. The molecule has 0 saturated carbocycles. The smallest absolute Gasteiger partial charge is 0.266 e. The Hall–Kier alpha value is -3.15. The van der Waals surface area contributed by atoms with Crippen molar-refractivity contribution >= 4 is 16.7 Å². The minimum atomic E-state index is -0.231. The third-order valence-corrected chi connectivity index (χ3v) is 4.03. The quantitative estimate of drug-likeness (QED) is 0.741. The van der Waals surface area contributed by atoms with Crippen molar-refractivity contribution in [2.24, 2.45) is 0 Å². The molecule has 134 valence electrons. The molecule has 3 rings (SSSR count). The molecule has 1 aromatic heterocycles. The van der Waals surface area contributed by atoms with Gasteiger partial charge in [0, 0.05) is 12.6 Å². The van der Waals surface area contributed by atoms with E-state index in [1.807, 2.05) is 50.2 Å². The molecule has 2 aromatic carbocycles. The molecule has 6 heteroatoms. The van der Waals surface area contributed by atoms with Gasteiger partial charge in [0.05, 0.1) is 24.4 Å². The van der Waals surface area contributed by atoms with Crippen molar-refractivity contribution in [3.63, 3.8) is 0 Å². The Morgan fingerprint density at radius 3 is 2.77 bits per heavy atom. The molecule has 0 aliphatic heterocycles. The summed E-state index contributed by atoms with van der Waals surface area (Å²) in [6.07, 6.45) is 0. The molecule has 1 amide bonds. The van der Waals surface area contributed by atoms with Crippen LogP contribution in [0.3, 0.4) is 0 Å². The normalized spacial score (nSPS) is 10.7. The van der Waals surface area contributed by atoms with E-state index in [1.54, 1.807) is 6.07 Å². The van der Waals surface area contributed by atoms with E-state index >= 15 is 0 Å². The van der Waals surface area contributed by atoms with Crippen LogP contribution >= 0.6 is 0 Å². The Bertz CT molecular complexity index is 995. The number of hydrogen-bond acceptors (Lipinski definition) is 4. The fraction of sp³-hybridized carbons (Fsp3) is 0.250. The van der Waals surface area contributed by atoms with Crippen LogP contribution in [-0.2, 0) is 6.54 Å². The van der Waals surface area contributed by atoms with Gasteiger partial charge in [-0.15, -0.1) is 0 Å². The van der Waals surface area contributed by atoms with Gasteiger partial charge in [-0.2, -0.15) is 5.10 Å². The fourth-order valence-corrected chi connectivity index (χ4v) is 2.84. The Kier molecular flexibility index (Phi) is 5.31. The minimum absolute atomic E-state index is 0.190. The third-order valence-electron chi connectivity index (χ3n) is 4.03. The van der Waals surface area contributed by atoms with Crippen molar-refractivity contribution in [2.75, 3.05) is 13.2 Å². The Morgan fingerprint density at radius 2 is 1.96 bits per heavy atom. The first kappa shape index (κ1) is 17.7. The number of ether oxygens (including phenoxy) is 1. The molecule has 1 N–H and O–H groups in total. The number of carbonyl (C=O) groups is 1. The van der Waals surface area contributed by atoms with E-state index < -0.39 is 0 Å². The maximum Gasteiger partial charge on any atom is 0.266 e. The molecule has 6 nitrogen and oxygen atoms in total. The number of amides is 1. The highest BCUT2D eigenvalue weighted by atomic mass is 16.5. The number of hydrogen-bond donors (Lipinski definition) is 1. The van der Waals surface area contributed by atoms with Gasteiger partial charge >= 0.3 is 0 Å². The lowest BCUT2D eigenvalue weighted by atomic mass is 10.0. The molecular formula is C20H21N3O3. The monoisotopic (exact) mass is 351 g/mol. The SMILES string of the molecule is CCOc1ccc2ccccc2c1C(=O)NCCn1nc(C)ccc1=O. The van der Waals surface area contributed by atoms with Crippen LogP contribution in [0.1, 0.15) is 23.0 Å². The number of rotatable bonds is 6. The number of fused-ring (bicyclic) bond motifs is 1. The molecule has 0 aliphatic rings. The summed E-state index contributed by atoms with van der Waals surface area (Å²) in [7, 11) is 0. The van der Waals surface area contributed by atoms with Crippen LogP contribution in [0.25, 0.3) is 10.8 Å². The van der Waals surface area contributed by atoms with Gasteiger partial charge in [0.1, 0.15) is 5.75 Å². The van der Waals surface area contributed by atoms with E-state index in [-0.39, 0.29) is 11.5 Å². The van der Waals surface area contributed by atoms with Gasteiger partial charge in [0.2, 0.25) is 0 Å². The van der Waals surface area contributed by atoms with Crippen LogP contribution in [0.15, 0.2) is 53.3 Å². The summed E-state index contributed by atoms with van der Waals surface area (Å²) in [6.45, 7) is 4.78. The van der Waals surface area contributed by atoms with Gasteiger partial charge in [0.25, 0.3) is 11.5 Å². The van der Waals surface area contributed by atoms with E-state index in [0.717, 1.165) is 16.5 Å². The lowest BCUT2D eigenvalue weighted by molar-refractivity contribution is 0.0950. The van der Waals surface area contributed by atoms with Crippen LogP contribution < -0.4 is 15.6 Å². The predicted octanol–water partition coefficient (Wildman–Crippen LogP) is 2.53. The van der Waals surface area contributed by atoms with E-state index in [2.05, 4.69) is 10.4 Å². The van der Waals surface area contributed by atoms with Gasteiger partial charge in [-0.05, 0) is 36.8 Å². The number of carbonyl (C=O) groups excluding carboxylic acids is 1. The largest absolute Gasteiger partial charge is 0.493 e. The van der Waals surface area contributed by atoms with Crippen LogP contribution in [-0.4, -0.2) is 28.8 Å². The Morgan fingerprint density at radius 1 is 1.15 bits per heavy atom. The second kappa shape index (κ2) is 7.82. The molecule has 0 bridgehead atoms. The van der Waals surface area contributed by atoms with Crippen molar-refractivity contribution in [1.82, 2.24) is 15.1 Å². The number of nitrogens with zero attached hydrogens (tertiary/aromatic N) is 2. The summed E-state index contributed by atoms with van der Waals surface area (Å²) in [5, 5.41) is 8.84. The van der Waals surface area contributed by atoms with Gasteiger partial charge < -0.3 is 10.1 Å². The molecule has 0 saturated heterocycles. The minimum Gasteiger partial charge on any atom is -0.493 e. The molecule has 0 atom stereocenters. The zero-order valence-corrected chi connectivity index (χ0v) is 14.9. The number of benzene rings is 2. The van der Waals surface area contributed by atoms with E-state index in [4.69, 9.17) is 4.74 Å². The van der Waals surface area contributed by atoms with Crippen LogP contribution in [0.2, 0.25) is 0 Å². The van der Waals surface area contributed by atoms with Gasteiger partial charge in [0.15, 0.2) is 0 Å². The second-order valence-electron chi connectivity index (χ2n) is 5.88. The van der Waals surface area contributed by atoms with Gasteiger partial charge in [-0.25, -0.2) is 4.68 Å². The molecule has 0 fully saturated rings. The Balaban J connectivity index is 1.82. The lowest BCUT2D eigenvalue weighted by Crippen LogP contribution is -2.32. The van der Waals surface area contributed by atoms with E-state index in [0.29, 0.717) is 31.0 Å². The van der Waals surface area contributed by atoms with Gasteiger partial charge in [-0.1, -0.05) is 30.3 Å². The summed E-state index contributed by atoms with van der Waals surface area (Å²) >= 11 is 0. The molecule has 0 radical (unpaired) electrons. The molecule has 0 unspecified atom stereocenters. The summed E-state index contributed by atoms with van der Waals surface area (Å²) in [5.41, 5.74) is 1.07. The second-order valence-corrected chi connectivity index (χ2v) is 5.88. The first-order valence-corrected chi connectivity index (χ1v) is 8.57. The fourth-order valence-electron chi connectivity index (χ4n) is 2.84. The van der Waals surface area contributed by atoms with Gasteiger partial charge in [-0.3, -0.25) is 9.59 Å². The third kappa shape index (κ3) is 3.74. The number of nitrogens with one attached hydrogen (secondary N) is 1. The highest BCUT2D eigenvalue weighted by molar-refractivity contribution is 6.09. The Labute approximate surface area is 151 Å². The first-order valence-electron chi connectivity index (χ1n) is 8.57. The first-order chi connectivity index (χ1) is 12.6. The van der Waals surface area contributed by atoms with Crippen LogP contribution in [0.5, 0.6) is 5.75 Å².